The zero-order valence-corrected chi connectivity index (χ0v) is 7.26. The molecule has 0 aliphatic carbocycles. The molecular weight excluding hydrogens is 96.4 g/mol. The van der Waals surface area contributed by atoms with Crippen LogP contribution >= 0.6 is 10.0 Å². The molecule has 0 fully saturated rings. The van der Waals surface area contributed by atoms with Crippen LogP contribution in [0.25, 0.3) is 0 Å². The summed E-state index contributed by atoms with van der Waals surface area (Å²) >= 11 is 1.33. The van der Waals surface area contributed by atoms with E-state index in [2.05, 4.69) is 10.0 Å². The van der Waals surface area contributed by atoms with Crippen LogP contribution < -0.4 is 18.9 Å². The Hall–Kier alpha value is 1.95. The molecule has 0 N–H and O–H groups in total. The van der Waals surface area contributed by atoms with Crippen LogP contribution in [0.1, 0.15) is 1.43 Å². The van der Waals surface area contributed by atoms with Crippen molar-refractivity contribution in [3.05, 3.63) is 0 Å². The Morgan fingerprint density at radius 3 is 1.50 bits per heavy atom. The summed E-state index contributed by atoms with van der Waals surface area (Å²) in [5, 5.41) is 0. The maximum Gasteiger partial charge on any atom is 1.00 e. The van der Waals surface area contributed by atoms with Crippen LogP contribution in [0.2, 0.25) is 0 Å². The SMILES string of the molecule is [AlH2].[AlH][Cl].[H-].[Li+]. The third kappa shape index (κ3) is 9.04. The Balaban J connectivity index is -0.00000000167. The Morgan fingerprint density at radius 2 is 1.50 bits per heavy atom. The van der Waals surface area contributed by atoms with Crippen LogP contribution in [0.3, 0.4) is 0 Å². The fourth-order valence-electron chi connectivity index (χ4n) is 0. The summed E-state index contributed by atoms with van der Waals surface area (Å²) in [5.74, 6) is 0. The summed E-state index contributed by atoms with van der Waals surface area (Å²) in [4.78, 5) is 0. The van der Waals surface area contributed by atoms with Gasteiger partial charge in [-0.2, -0.15) is 0 Å². The fraction of sp³-hybridized carbons (Fsp3) is 0. The molecule has 0 spiro atoms. The van der Waals surface area contributed by atoms with Crippen molar-refractivity contribution in [2.75, 3.05) is 0 Å². The average molecular weight is 100 g/mol. The van der Waals surface area contributed by atoms with Crippen molar-refractivity contribution in [1.29, 1.82) is 0 Å². The van der Waals surface area contributed by atoms with Crippen molar-refractivity contribution in [2.45, 2.75) is 0 Å². The predicted octanol–water partition coefficient (Wildman–Crippen LogP) is -3.76. The number of hydrogen-bond donors (Lipinski definition) is 0. The molecule has 0 aliphatic heterocycles. The molecule has 0 heterocycles. The van der Waals surface area contributed by atoms with E-state index in [1.54, 1.807) is 0 Å². The molecule has 0 bridgehead atoms. The van der Waals surface area contributed by atoms with Crippen molar-refractivity contribution in [2.24, 2.45) is 0 Å². The number of rotatable bonds is 0. The molecule has 4 heteroatoms. The summed E-state index contributed by atoms with van der Waals surface area (Å²) < 4.78 is 0. The van der Waals surface area contributed by atoms with Gasteiger partial charge in [-0.25, -0.2) is 0 Å². The van der Waals surface area contributed by atoms with Crippen LogP contribution in [-0.4, -0.2) is 32.7 Å². The first-order chi connectivity index (χ1) is 1.00. The van der Waals surface area contributed by atoms with Crippen LogP contribution in [-0.2, 0) is 0 Å². The first-order valence-electron chi connectivity index (χ1n) is 0.267. The molecule has 4 heavy (non-hydrogen) atoms. The third-order valence-corrected chi connectivity index (χ3v) is 0. The monoisotopic (exact) mass is 100.0 g/mol. The minimum Gasteiger partial charge on any atom is -1.00 e. The van der Waals surface area contributed by atoms with Gasteiger partial charge in [0, 0.05) is 0 Å². The van der Waals surface area contributed by atoms with E-state index in [0.29, 0.717) is 0 Å². The van der Waals surface area contributed by atoms with E-state index in [-0.39, 0.29) is 37.6 Å². The molecule has 0 rings (SSSR count). The second-order valence-electron chi connectivity index (χ2n) is 0. The number of hydrogen-bond acceptors (Lipinski definition) is 0. The van der Waals surface area contributed by atoms with Crippen molar-refractivity contribution < 1.29 is 20.3 Å². The Kier molecular flexibility index (Phi) is 85.0. The molecule has 0 nitrogen and oxygen atoms in total. The van der Waals surface area contributed by atoms with Crippen LogP contribution in [0.15, 0.2) is 0 Å². The molecule has 0 aliphatic rings. The fourth-order valence-corrected chi connectivity index (χ4v) is 0. The second-order valence-corrected chi connectivity index (χ2v) is 0. The van der Waals surface area contributed by atoms with Gasteiger partial charge in [-0.1, -0.05) is 0 Å². The van der Waals surface area contributed by atoms with E-state index >= 15 is 0 Å². The standard InChI is InChI=1S/2Al.ClH.Li.4H/h;;1H;;;;;/q;+1;;+1;;;;-1/p-1. The molecular formula is H4Al2ClLi. The van der Waals surface area contributed by atoms with Crippen molar-refractivity contribution in [1.82, 2.24) is 0 Å². The molecule has 0 unspecified atom stereocenters. The number of halogens is 1. The minimum absolute atomic E-state index is 0. The van der Waals surface area contributed by atoms with Crippen LogP contribution in [0.5, 0.6) is 0 Å². The maximum absolute atomic E-state index is 4.67. The van der Waals surface area contributed by atoms with Gasteiger partial charge in [-0.3, -0.25) is 10.0 Å². The molecule has 0 saturated carbocycles. The van der Waals surface area contributed by atoms with Gasteiger partial charge in [-0.05, 0) is 0 Å². The van der Waals surface area contributed by atoms with Crippen LogP contribution in [0.4, 0.5) is 0 Å². The largest absolute Gasteiger partial charge is 1.00 e. The van der Waals surface area contributed by atoms with E-state index in [0.717, 1.165) is 0 Å². The van der Waals surface area contributed by atoms with Gasteiger partial charge in [0.15, 0.2) is 0 Å². The van der Waals surface area contributed by atoms with Gasteiger partial charge in [-0.15, -0.1) is 0 Å². The van der Waals surface area contributed by atoms with Gasteiger partial charge in [0.2, 0.25) is 0 Å². The smallest absolute Gasteiger partial charge is 1.00 e. The molecule has 2 radical (unpaired) electrons. The second kappa shape index (κ2) is 20.3. The van der Waals surface area contributed by atoms with Crippen LogP contribution in [0, 0.1) is 0 Å². The van der Waals surface area contributed by atoms with Gasteiger partial charge in [0.05, 0.1) is 0 Å². The van der Waals surface area contributed by atoms with Gasteiger partial charge in [0.1, 0.15) is 17.4 Å². The van der Waals surface area contributed by atoms with Crippen molar-refractivity contribution >= 4 is 42.8 Å². The summed E-state index contributed by atoms with van der Waals surface area (Å²) in [7, 11) is 4.67. The zero-order chi connectivity index (χ0) is 2.00. The van der Waals surface area contributed by atoms with E-state index < -0.39 is 0 Å². The van der Waals surface area contributed by atoms with E-state index in [1.165, 1.54) is 15.4 Å². The average Bonchev–Trinajstić information content (AvgIpc) is 1.00. The van der Waals surface area contributed by atoms with Crippen molar-refractivity contribution in [3.63, 3.8) is 0 Å². The maximum atomic E-state index is 4.67. The van der Waals surface area contributed by atoms with Gasteiger partial charge in [0.25, 0.3) is 0 Å². The topological polar surface area (TPSA) is 0 Å². The normalized spacial score (nSPS) is 1.25. The molecule has 0 atom stereocenters. The van der Waals surface area contributed by atoms with E-state index in [9.17, 15) is 0 Å². The molecule has 0 aromatic carbocycles. The summed E-state index contributed by atoms with van der Waals surface area (Å²) in [5.41, 5.74) is 0. The summed E-state index contributed by atoms with van der Waals surface area (Å²) in [6, 6.07) is 0. The zero-order valence-electron chi connectivity index (χ0n) is 4.09. The molecule has 0 amide bonds. The Labute approximate surface area is 62.7 Å². The molecule has 0 aromatic rings. The quantitative estimate of drug-likeness (QED) is 0.274. The van der Waals surface area contributed by atoms with E-state index in [1.807, 2.05) is 0 Å². The third-order valence-electron chi connectivity index (χ3n) is 0. The van der Waals surface area contributed by atoms with E-state index in [4.69, 9.17) is 0 Å². The molecule has 0 aromatic heterocycles. The minimum atomic E-state index is 0. The van der Waals surface area contributed by atoms with Gasteiger partial charge < -0.3 is 1.43 Å². The van der Waals surface area contributed by atoms with Crippen molar-refractivity contribution in [3.8, 4) is 0 Å². The first kappa shape index (κ1) is 16.7. The first-order valence-corrected chi connectivity index (χ1v) is 2.41. The molecule has 0 saturated heterocycles. The summed E-state index contributed by atoms with van der Waals surface area (Å²) in [6.45, 7) is 0. The Bertz CT molecular complexity index is 9.61. The predicted molar refractivity (Wildman–Crippen MR) is 22.7 cm³/mol. The van der Waals surface area contributed by atoms with Gasteiger partial charge >= 0.3 is 34.2 Å². The Morgan fingerprint density at radius 1 is 1.50 bits per heavy atom. The summed E-state index contributed by atoms with van der Waals surface area (Å²) in [6.07, 6.45) is 0. The molecule has 18 valence electrons.